The summed E-state index contributed by atoms with van der Waals surface area (Å²) in [5.41, 5.74) is 6.16. The van der Waals surface area contributed by atoms with E-state index in [0.29, 0.717) is 6.42 Å². The van der Waals surface area contributed by atoms with Crippen molar-refractivity contribution in [3.05, 3.63) is 0 Å². The number of hydrogen-bond donors (Lipinski definition) is 1. The lowest BCUT2D eigenvalue weighted by Crippen LogP contribution is -2.67. The maximum absolute atomic E-state index is 11.3. The smallest absolute Gasteiger partial charge is 0.223 e. The molecule has 0 atom stereocenters. The van der Waals surface area contributed by atoms with Gasteiger partial charge in [0.05, 0.1) is 0 Å². The highest BCUT2D eigenvalue weighted by atomic mass is 16.2. The molecule has 4 nitrogen and oxygen atoms in total. The van der Waals surface area contributed by atoms with Crippen LogP contribution in [0.3, 0.4) is 0 Å². The zero-order valence-corrected chi connectivity index (χ0v) is 10.1. The molecule has 15 heavy (non-hydrogen) atoms. The first-order chi connectivity index (χ1) is 6.97. The topological polar surface area (TPSA) is 49.6 Å². The van der Waals surface area contributed by atoms with Crippen LogP contribution in [0.2, 0.25) is 0 Å². The molecule has 0 spiro atoms. The van der Waals surface area contributed by atoms with Gasteiger partial charge in [-0.2, -0.15) is 0 Å². The van der Waals surface area contributed by atoms with E-state index >= 15 is 0 Å². The lowest BCUT2D eigenvalue weighted by Gasteiger charge is -2.48. The third-order valence-electron chi connectivity index (χ3n) is 2.97. The summed E-state index contributed by atoms with van der Waals surface area (Å²) in [6, 6.07) is 0. The Morgan fingerprint density at radius 2 is 2.07 bits per heavy atom. The van der Waals surface area contributed by atoms with E-state index in [1.54, 1.807) is 19.0 Å². The van der Waals surface area contributed by atoms with Crippen molar-refractivity contribution >= 4 is 5.91 Å². The molecule has 0 unspecified atom stereocenters. The van der Waals surface area contributed by atoms with Crippen LogP contribution >= 0.6 is 0 Å². The van der Waals surface area contributed by atoms with Crippen LogP contribution in [0, 0.1) is 0 Å². The number of nitrogens with zero attached hydrogens (tertiary/aromatic N) is 2. The molecule has 1 heterocycles. The fraction of sp³-hybridized carbons (Fsp3) is 0.909. The van der Waals surface area contributed by atoms with Crippen molar-refractivity contribution in [2.75, 3.05) is 33.7 Å². The van der Waals surface area contributed by atoms with Gasteiger partial charge in [-0.1, -0.05) is 13.3 Å². The van der Waals surface area contributed by atoms with Gasteiger partial charge in [-0.3, -0.25) is 9.69 Å². The summed E-state index contributed by atoms with van der Waals surface area (Å²) < 4.78 is 0. The maximum Gasteiger partial charge on any atom is 0.223 e. The fourth-order valence-corrected chi connectivity index (χ4v) is 2.14. The number of carbonyl (C=O) groups is 1. The summed E-state index contributed by atoms with van der Waals surface area (Å²) in [6.07, 6.45) is 2.83. The molecule has 1 amide bonds. The van der Waals surface area contributed by atoms with Crippen LogP contribution in [0.15, 0.2) is 0 Å². The molecule has 0 aliphatic carbocycles. The van der Waals surface area contributed by atoms with E-state index in [0.717, 1.165) is 32.5 Å². The Kier molecular flexibility index (Phi) is 4.11. The second-order valence-electron chi connectivity index (χ2n) is 4.86. The molecule has 1 aliphatic rings. The molecule has 0 aromatic carbocycles. The van der Waals surface area contributed by atoms with Crippen LogP contribution in [0.1, 0.15) is 26.2 Å². The largest absolute Gasteiger partial charge is 0.349 e. The van der Waals surface area contributed by atoms with Crippen LogP contribution in [0.4, 0.5) is 0 Å². The molecule has 0 radical (unpaired) electrons. The summed E-state index contributed by atoms with van der Waals surface area (Å²) in [5, 5.41) is 0. The van der Waals surface area contributed by atoms with Crippen LogP contribution in [-0.4, -0.2) is 55.0 Å². The number of hydrogen-bond acceptors (Lipinski definition) is 3. The summed E-state index contributed by atoms with van der Waals surface area (Å²) in [5.74, 6) is 0.194. The number of rotatable bonds is 5. The Hall–Kier alpha value is -0.610. The minimum Gasteiger partial charge on any atom is -0.349 e. The fourth-order valence-electron chi connectivity index (χ4n) is 2.14. The normalized spacial score (nSPS) is 19.7. The van der Waals surface area contributed by atoms with E-state index in [9.17, 15) is 4.79 Å². The van der Waals surface area contributed by atoms with E-state index in [-0.39, 0.29) is 11.4 Å². The van der Waals surface area contributed by atoms with E-state index in [2.05, 4.69) is 11.8 Å². The number of nitrogens with two attached hydrogens (primary N) is 1. The van der Waals surface area contributed by atoms with Crippen LogP contribution in [0.5, 0.6) is 0 Å². The van der Waals surface area contributed by atoms with Crippen molar-refractivity contribution in [1.29, 1.82) is 0 Å². The predicted octanol–water partition coefficient (Wildman–Crippen LogP) is 0.278. The third-order valence-corrected chi connectivity index (χ3v) is 2.97. The molecule has 1 saturated heterocycles. The van der Waals surface area contributed by atoms with Gasteiger partial charge in [-0.25, -0.2) is 0 Å². The standard InChI is InChI=1S/C11H23N3O/c1-4-6-11(12)8-14(9-11)7-5-10(15)13(2)3/h4-9,12H2,1-3H3. The van der Waals surface area contributed by atoms with Crippen molar-refractivity contribution in [2.45, 2.75) is 31.7 Å². The highest BCUT2D eigenvalue weighted by molar-refractivity contribution is 5.75. The van der Waals surface area contributed by atoms with Crippen molar-refractivity contribution in [3.63, 3.8) is 0 Å². The van der Waals surface area contributed by atoms with Gasteiger partial charge in [0.15, 0.2) is 0 Å². The molecule has 0 aromatic heterocycles. The van der Waals surface area contributed by atoms with Gasteiger partial charge in [0.2, 0.25) is 5.91 Å². The van der Waals surface area contributed by atoms with Crippen molar-refractivity contribution < 1.29 is 4.79 Å². The molecule has 1 aliphatic heterocycles. The van der Waals surface area contributed by atoms with Gasteiger partial charge in [-0.15, -0.1) is 0 Å². The van der Waals surface area contributed by atoms with E-state index in [1.165, 1.54) is 0 Å². The van der Waals surface area contributed by atoms with Gasteiger partial charge >= 0.3 is 0 Å². The van der Waals surface area contributed by atoms with Gasteiger partial charge in [0.25, 0.3) is 0 Å². The van der Waals surface area contributed by atoms with Gasteiger partial charge in [0, 0.05) is 45.7 Å². The van der Waals surface area contributed by atoms with Crippen LogP contribution in [-0.2, 0) is 4.79 Å². The first-order valence-corrected chi connectivity index (χ1v) is 5.68. The number of amides is 1. The lowest BCUT2D eigenvalue weighted by molar-refractivity contribution is -0.129. The molecule has 0 saturated carbocycles. The lowest BCUT2D eigenvalue weighted by atomic mass is 9.86. The Bertz CT molecular complexity index is 222. The molecule has 0 aromatic rings. The second kappa shape index (κ2) is 4.94. The molecule has 1 rings (SSSR count). The van der Waals surface area contributed by atoms with E-state index in [1.807, 2.05) is 0 Å². The molecule has 0 bridgehead atoms. The van der Waals surface area contributed by atoms with Gasteiger partial charge in [-0.05, 0) is 6.42 Å². The Morgan fingerprint density at radius 1 is 1.47 bits per heavy atom. The molecular weight excluding hydrogens is 190 g/mol. The average Bonchev–Trinajstić information content (AvgIpc) is 2.10. The molecule has 4 heteroatoms. The number of likely N-dealkylation sites (tertiary alicyclic amines) is 1. The van der Waals surface area contributed by atoms with Crippen molar-refractivity contribution in [2.24, 2.45) is 5.73 Å². The first kappa shape index (κ1) is 12.5. The van der Waals surface area contributed by atoms with Crippen molar-refractivity contribution in [1.82, 2.24) is 9.80 Å². The van der Waals surface area contributed by atoms with Gasteiger partial charge < -0.3 is 10.6 Å². The minimum atomic E-state index is 0.0237. The highest BCUT2D eigenvalue weighted by Gasteiger charge is 2.37. The Balaban J connectivity index is 2.15. The number of carbonyl (C=O) groups excluding carboxylic acids is 1. The monoisotopic (exact) mass is 213 g/mol. The third kappa shape index (κ3) is 3.47. The first-order valence-electron chi connectivity index (χ1n) is 5.68. The SMILES string of the molecule is CCCC1(N)CN(CCC(=O)N(C)C)C1. The zero-order valence-electron chi connectivity index (χ0n) is 10.1. The Morgan fingerprint density at radius 3 is 2.53 bits per heavy atom. The summed E-state index contributed by atoms with van der Waals surface area (Å²) in [4.78, 5) is 15.2. The summed E-state index contributed by atoms with van der Waals surface area (Å²) in [7, 11) is 3.59. The highest BCUT2D eigenvalue weighted by Crippen LogP contribution is 2.22. The minimum absolute atomic E-state index is 0.0237. The zero-order chi connectivity index (χ0) is 11.5. The van der Waals surface area contributed by atoms with Crippen LogP contribution in [0.25, 0.3) is 0 Å². The Labute approximate surface area is 92.4 Å². The summed E-state index contributed by atoms with van der Waals surface area (Å²) in [6.45, 7) is 4.90. The predicted molar refractivity (Wildman–Crippen MR) is 61.6 cm³/mol. The van der Waals surface area contributed by atoms with Crippen LogP contribution < -0.4 is 5.73 Å². The van der Waals surface area contributed by atoms with Crippen molar-refractivity contribution in [3.8, 4) is 0 Å². The molecule has 2 N–H and O–H groups in total. The van der Waals surface area contributed by atoms with E-state index < -0.39 is 0 Å². The molecule has 1 fully saturated rings. The molecule has 88 valence electrons. The van der Waals surface area contributed by atoms with E-state index in [4.69, 9.17) is 5.73 Å². The molecular formula is C11H23N3O. The van der Waals surface area contributed by atoms with Gasteiger partial charge in [0.1, 0.15) is 0 Å². The summed E-state index contributed by atoms with van der Waals surface area (Å²) >= 11 is 0. The average molecular weight is 213 g/mol. The quantitative estimate of drug-likeness (QED) is 0.713. The maximum atomic E-state index is 11.3. The second-order valence-corrected chi connectivity index (χ2v) is 4.86.